The van der Waals surface area contributed by atoms with Crippen LogP contribution in [0.3, 0.4) is 0 Å². The van der Waals surface area contributed by atoms with Crippen molar-refractivity contribution in [2.45, 2.75) is 58.2 Å². The van der Waals surface area contributed by atoms with Gasteiger partial charge < -0.3 is 15.4 Å². The molecule has 1 saturated carbocycles. The van der Waals surface area contributed by atoms with Crippen molar-refractivity contribution in [1.82, 2.24) is 15.6 Å². The van der Waals surface area contributed by atoms with Crippen molar-refractivity contribution in [3.8, 4) is 5.88 Å². The van der Waals surface area contributed by atoms with E-state index < -0.39 is 0 Å². The summed E-state index contributed by atoms with van der Waals surface area (Å²) in [6, 6.07) is 4.29. The normalized spacial score (nSPS) is 15.4. The first-order chi connectivity index (χ1) is 10.1. The molecule has 0 radical (unpaired) electrons. The number of pyridine rings is 1. The van der Waals surface area contributed by atoms with Gasteiger partial charge in [-0.2, -0.15) is 0 Å². The Morgan fingerprint density at radius 1 is 1.43 bits per heavy atom. The molecule has 0 bridgehead atoms. The summed E-state index contributed by atoms with van der Waals surface area (Å²) in [6.07, 6.45) is 6.67. The number of aromatic nitrogens is 1. The molecule has 1 aliphatic carbocycles. The zero-order valence-electron chi connectivity index (χ0n) is 12.9. The number of rotatable bonds is 7. The molecular weight excluding hydrogens is 266 g/mol. The van der Waals surface area contributed by atoms with E-state index in [1.54, 1.807) is 6.20 Å². The summed E-state index contributed by atoms with van der Waals surface area (Å²) in [7, 11) is 0. The van der Waals surface area contributed by atoms with Crippen molar-refractivity contribution < 1.29 is 9.53 Å². The van der Waals surface area contributed by atoms with Gasteiger partial charge in [0.05, 0.1) is 12.6 Å². The van der Waals surface area contributed by atoms with Gasteiger partial charge in [0.1, 0.15) is 0 Å². The lowest BCUT2D eigenvalue weighted by molar-refractivity contribution is -0.120. The van der Waals surface area contributed by atoms with Gasteiger partial charge in [0.15, 0.2) is 0 Å². The van der Waals surface area contributed by atoms with Crippen LogP contribution in [0.2, 0.25) is 0 Å². The van der Waals surface area contributed by atoms with E-state index in [2.05, 4.69) is 15.6 Å². The standard InChI is InChI=1S/C16H25N3O2/c1-12(2)21-16-13(6-5-9-17-16)10-19-15(20)11-18-14-7-3-4-8-14/h5-6,9,12,14,18H,3-4,7-8,10-11H2,1-2H3,(H,19,20). The average Bonchev–Trinajstić information content (AvgIpc) is 2.97. The molecule has 2 N–H and O–H groups in total. The Hall–Kier alpha value is -1.62. The zero-order chi connectivity index (χ0) is 15.1. The highest BCUT2D eigenvalue weighted by Gasteiger charge is 2.15. The van der Waals surface area contributed by atoms with Gasteiger partial charge in [-0.15, -0.1) is 0 Å². The number of amides is 1. The molecule has 0 aliphatic heterocycles. The molecule has 1 fully saturated rings. The molecule has 1 aliphatic rings. The van der Waals surface area contributed by atoms with E-state index in [1.165, 1.54) is 25.7 Å². The van der Waals surface area contributed by atoms with E-state index in [9.17, 15) is 4.79 Å². The van der Waals surface area contributed by atoms with Crippen LogP contribution in [-0.2, 0) is 11.3 Å². The van der Waals surface area contributed by atoms with E-state index in [-0.39, 0.29) is 12.0 Å². The lowest BCUT2D eigenvalue weighted by atomic mass is 10.2. The predicted octanol–water partition coefficient (Wildman–Crippen LogP) is 2.02. The molecular formula is C16H25N3O2. The van der Waals surface area contributed by atoms with Crippen LogP contribution >= 0.6 is 0 Å². The molecule has 1 aromatic rings. The highest BCUT2D eigenvalue weighted by Crippen LogP contribution is 2.17. The van der Waals surface area contributed by atoms with E-state index in [4.69, 9.17) is 4.74 Å². The lowest BCUT2D eigenvalue weighted by Gasteiger charge is -2.14. The summed E-state index contributed by atoms with van der Waals surface area (Å²) in [6.45, 7) is 4.75. The van der Waals surface area contributed by atoms with Crippen LogP contribution in [0, 0.1) is 0 Å². The van der Waals surface area contributed by atoms with Crippen molar-refractivity contribution in [2.75, 3.05) is 6.54 Å². The second-order valence-corrected chi connectivity index (χ2v) is 5.77. The SMILES string of the molecule is CC(C)Oc1ncccc1CNC(=O)CNC1CCCC1. The molecule has 0 aromatic carbocycles. The maximum Gasteiger partial charge on any atom is 0.234 e. The summed E-state index contributed by atoms with van der Waals surface area (Å²) in [5.74, 6) is 0.609. The Morgan fingerprint density at radius 3 is 2.90 bits per heavy atom. The first-order valence-electron chi connectivity index (χ1n) is 7.76. The third-order valence-corrected chi connectivity index (χ3v) is 3.58. The number of hydrogen-bond acceptors (Lipinski definition) is 4. The molecule has 0 unspecified atom stereocenters. The van der Waals surface area contributed by atoms with Gasteiger partial charge in [-0.05, 0) is 32.8 Å². The maximum absolute atomic E-state index is 11.9. The van der Waals surface area contributed by atoms with Gasteiger partial charge in [-0.1, -0.05) is 18.9 Å². The predicted molar refractivity (Wildman–Crippen MR) is 82.1 cm³/mol. The summed E-state index contributed by atoms with van der Waals surface area (Å²) in [5.41, 5.74) is 0.903. The first-order valence-corrected chi connectivity index (χ1v) is 7.76. The van der Waals surface area contributed by atoms with E-state index in [1.807, 2.05) is 26.0 Å². The third-order valence-electron chi connectivity index (χ3n) is 3.58. The molecule has 1 heterocycles. The van der Waals surface area contributed by atoms with Crippen LogP contribution in [0.1, 0.15) is 45.1 Å². The van der Waals surface area contributed by atoms with Crippen molar-refractivity contribution in [3.05, 3.63) is 23.9 Å². The molecule has 1 aromatic heterocycles. The molecule has 2 rings (SSSR count). The van der Waals surface area contributed by atoms with Gasteiger partial charge in [-0.3, -0.25) is 4.79 Å². The average molecular weight is 291 g/mol. The van der Waals surface area contributed by atoms with Crippen LogP contribution in [0.4, 0.5) is 0 Å². The third kappa shape index (κ3) is 5.34. The summed E-state index contributed by atoms with van der Waals surface area (Å²) in [4.78, 5) is 16.1. The van der Waals surface area contributed by atoms with E-state index >= 15 is 0 Å². The molecule has 116 valence electrons. The topological polar surface area (TPSA) is 63.2 Å². The molecule has 5 nitrogen and oxygen atoms in total. The van der Waals surface area contributed by atoms with Crippen LogP contribution in [-0.4, -0.2) is 29.6 Å². The van der Waals surface area contributed by atoms with Gasteiger partial charge in [0.2, 0.25) is 11.8 Å². The van der Waals surface area contributed by atoms with Crippen LogP contribution in [0.5, 0.6) is 5.88 Å². The molecule has 0 spiro atoms. The fraction of sp³-hybridized carbons (Fsp3) is 0.625. The number of nitrogens with zero attached hydrogens (tertiary/aromatic N) is 1. The summed E-state index contributed by atoms with van der Waals surface area (Å²) < 4.78 is 5.64. The monoisotopic (exact) mass is 291 g/mol. The Kier molecular flexibility index (Phi) is 5.99. The lowest BCUT2D eigenvalue weighted by Crippen LogP contribution is -2.37. The summed E-state index contributed by atoms with van der Waals surface area (Å²) in [5, 5.41) is 6.22. The van der Waals surface area contributed by atoms with Gasteiger partial charge in [0, 0.05) is 24.3 Å². The number of carbonyl (C=O) groups is 1. The zero-order valence-corrected chi connectivity index (χ0v) is 12.9. The minimum atomic E-state index is 0.0150. The second-order valence-electron chi connectivity index (χ2n) is 5.77. The van der Waals surface area contributed by atoms with Gasteiger partial charge in [-0.25, -0.2) is 4.98 Å². The fourth-order valence-corrected chi connectivity index (χ4v) is 2.51. The van der Waals surface area contributed by atoms with Crippen LogP contribution < -0.4 is 15.4 Å². The Labute approximate surface area is 126 Å². The number of nitrogens with one attached hydrogen (secondary N) is 2. The fourth-order valence-electron chi connectivity index (χ4n) is 2.51. The molecule has 0 saturated heterocycles. The largest absolute Gasteiger partial charge is 0.475 e. The minimum absolute atomic E-state index is 0.0150. The van der Waals surface area contributed by atoms with Crippen molar-refractivity contribution in [1.29, 1.82) is 0 Å². The Bertz CT molecular complexity index is 457. The number of ether oxygens (including phenoxy) is 1. The number of carbonyl (C=O) groups excluding carboxylic acids is 1. The van der Waals surface area contributed by atoms with E-state index in [0.717, 1.165) is 5.56 Å². The van der Waals surface area contributed by atoms with E-state index in [0.29, 0.717) is 25.0 Å². The second kappa shape index (κ2) is 7.98. The Morgan fingerprint density at radius 2 is 2.19 bits per heavy atom. The minimum Gasteiger partial charge on any atom is -0.475 e. The molecule has 5 heteroatoms. The highest BCUT2D eigenvalue weighted by atomic mass is 16.5. The highest BCUT2D eigenvalue weighted by molar-refractivity contribution is 5.78. The smallest absolute Gasteiger partial charge is 0.234 e. The molecule has 0 atom stereocenters. The van der Waals surface area contributed by atoms with Gasteiger partial charge in [0.25, 0.3) is 0 Å². The summed E-state index contributed by atoms with van der Waals surface area (Å²) >= 11 is 0. The van der Waals surface area contributed by atoms with Crippen molar-refractivity contribution >= 4 is 5.91 Å². The Balaban J connectivity index is 1.77. The van der Waals surface area contributed by atoms with Crippen molar-refractivity contribution in [2.24, 2.45) is 0 Å². The molecule has 21 heavy (non-hydrogen) atoms. The quantitative estimate of drug-likeness (QED) is 0.807. The van der Waals surface area contributed by atoms with Crippen LogP contribution in [0.15, 0.2) is 18.3 Å². The first kappa shape index (κ1) is 15.8. The van der Waals surface area contributed by atoms with Crippen LogP contribution in [0.25, 0.3) is 0 Å². The molecule has 1 amide bonds. The van der Waals surface area contributed by atoms with Crippen molar-refractivity contribution in [3.63, 3.8) is 0 Å². The number of hydrogen-bond donors (Lipinski definition) is 2. The maximum atomic E-state index is 11.9. The van der Waals surface area contributed by atoms with Gasteiger partial charge >= 0.3 is 0 Å².